The lowest BCUT2D eigenvalue weighted by Gasteiger charge is -2.07. The van der Waals surface area contributed by atoms with Crippen molar-refractivity contribution in [1.29, 1.82) is 0 Å². The van der Waals surface area contributed by atoms with E-state index in [9.17, 15) is 9.59 Å². The molecule has 0 unspecified atom stereocenters. The lowest BCUT2D eigenvalue weighted by atomic mass is 10.2. The van der Waals surface area contributed by atoms with Crippen molar-refractivity contribution < 1.29 is 9.59 Å². The summed E-state index contributed by atoms with van der Waals surface area (Å²) in [5.41, 5.74) is 4.97. The van der Waals surface area contributed by atoms with Crippen molar-refractivity contribution in [3.05, 3.63) is 103 Å². The molecule has 0 atom stereocenters. The average Bonchev–Trinajstić information content (AvgIpc) is 2.94. The van der Waals surface area contributed by atoms with Gasteiger partial charge in [0.25, 0.3) is 0 Å². The van der Waals surface area contributed by atoms with Gasteiger partial charge < -0.3 is 20.9 Å². The molecule has 0 radical (unpaired) electrons. The number of likely N-dealkylation sites (N-methyl/N-ethyl adjacent to an activating group) is 1. The van der Waals surface area contributed by atoms with Crippen LogP contribution in [0.4, 0.5) is 23.0 Å². The van der Waals surface area contributed by atoms with Crippen LogP contribution in [0.15, 0.2) is 97.5 Å². The Labute approximate surface area is 222 Å². The van der Waals surface area contributed by atoms with E-state index in [0.29, 0.717) is 23.7 Å². The van der Waals surface area contributed by atoms with Crippen molar-refractivity contribution >= 4 is 35.2 Å². The van der Waals surface area contributed by atoms with Crippen LogP contribution in [-0.2, 0) is 4.79 Å². The Kier molecular flexibility index (Phi) is 10.7. The molecule has 0 aliphatic heterocycles. The fourth-order valence-electron chi connectivity index (χ4n) is 3.19. The molecular weight excluding hydrogens is 478 g/mol. The van der Waals surface area contributed by atoms with Crippen molar-refractivity contribution in [1.82, 2.24) is 19.9 Å². The van der Waals surface area contributed by atoms with Gasteiger partial charge in [-0.05, 0) is 68.7 Å². The van der Waals surface area contributed by atoms with Crippen LogP contribution in [0.1, 0.15) is 10.4 Å². The zero-order valence-corrected chi connectivity index (χ0v) is 21.6. The Morgan fingerprint density at radius 1 is 0.947 bits per heavy atom. The maximum absolute atomic E-state index is 11.5. The van der Waals surface area contributed by atoms with Gasteiger partial charge in [-0.2, -0.15) is 0 Å². The van der Waals surface area contributed by atoms with E-state index in [1.165, 1.54) is 6.08 Å². The molecule has 0 bridgehead atoms. The lowest BCUT2D eigenvalue weighted by molar-refractivity contribution is -0.111. The zero-order chi connectivity index (χ0) is 27.2. The number of amides is 1. The average molecular weight is 510 g/mol. The van der Waals surface area contributed by atoms with Gasteiger partial charge in [0.15, 0.2) is 0 Å². The first-order valence-corrected chi connectivity index (χ1v) is 11.9. The van der Waals surface area contributed by atoms with Crippen molar-refractivity contribution in [2.75, 3.05) is 43.6 Å². The molecule has 0 saturated carbocycles. The van der Waals surface area contributed by atoms with Crippen LogP contribution in [0.3, 0.4) is 0 Å². The number of carbonyl (C=O) groups excluding carboxylic acids is 2. The number of pyridine rings is 1. The number of anilines is 4. The number of hydrogen-bond acceptors (Lipinski definition) is 8. The summed E-state index contributed by atoms with van der Waals surface area (Å²) in [5, 5.41) is 8.96. The van der Waals surface area contributed by atoms with E-state index in [-0.39, 0.29) is 5.91 Å². The molecule has 0 aliphatic rings. The summed E-state index contributed by atoms with van der Waals surface area (Å²) in [6.07, 6.45) is 9.27. The Bertz CT molecular complexity index is 1340. The van der Waals surface area contributed by atoms with Crippen LogP contribution in [0.2, 0.25) is 0 Å². The maximum atomic E-state index is 11.5. The first-order chi connectivity index (χ1) is 18.5. The van der Waals surface area contributed by atoms with E-state index in [1.54, 1.807) is 48.9 Å². The molecule has 3 N–H and O–H groups in total. The molecular formula is C29H31N7O2. The van der Waals surface area contributed by atoms with Crippen molar-refractivity contribution in [3.63, 3.8) is 0 Å². The highest BCUT2D eigenvalue weighted by Crippen LogP contribution is 2.19. The summed E-state index contributed by atoms with van der Waals surface area (Å²) in [4.78, 5) is 36.9. The standard InChI is InChI=1S/C16H15N5.C13H16N2O2/c1-17-13-4-6-14(7-5-13)20-16-19-10-8-15(21-16)12-3-2-9-18-11-12;1-15(2)8-4-7-13(17)14-12-6-3-5-11(9-12)10-16/h2-11,17H,1H3,(H,19,20,21);3-7,9-10H,8H2,1-2H3,(H,14,17)/b;7-4+. The molecule has 0 spiro atoms. The van der Waals surface area contributed by atoms with E-state index in [0.717, 1.165) is 28.9 Å². The third-order valence-corrected chi connectivity index (χ3v) is 5.07. The van der Waals surface area contributed by atoms with Gasteiger partial charge in [0, 0.05) is 66.4 Å². The van der Waals surface area contributed by atoms with Crippen LogP contribution in [0.5, 0.6) is 0 Å². The Morgan fingerprint density at radius 2 is 1.74 bits per heavy atom. The fourth-order valence-corrected chi connectivity index (χ4v) is 3.19. The summed E-state index contributed by atoms with van der Waals surface area (Å²) < 4.78 is 0. The van der Waals surface area contributed by atoms with Gasteiger partial charge in [0.2, 0.25) is 11.9 Å². The van der Waals surface area contributed by atoms with Crippen LogP contribution in [-0.4, -0.2) is 59.7 Å². The molecule has 2 aromatic carbocycles. The minimum absolute atomic E-state index is 0.199. The summed E-state index contributed by atoms with van der Waals surface area (Å²) in [7, 11) is 5.74. The van der Waals surface area contributed by atoms with E-state index in [2.05, 4.69) is 30.9 Å². The molecule has 0 aliphatic carbocycles. The third kappa shape index (κ3) is 9.29. The number of aromatic nitrogens is 3. The molecule has 0 fully saturated rings. The summed E-state index contributed by atoms with van der Waals surface area (Å²) in [5.74, 6) is 0.364. The van der Waals surface area contributed by atoms with Gasteiger partial charge >= 0.3 is 0 Å². The highest BCUT2D eigenvalue weighted by Gasteiger charge is 2.03. The Hall–Kier alpha value is -4.89. The topological polar surface area (TPSA) is 112 Å². The van der Waals surface area contributed by atoms with Gasteiger partial charge in [-0.15, -0.1) is 0 Å². The maximum Gasteiger partial charge on any atom is 0.248 e. The second-order valence-corrected chi connectivity index (χ2v) is 8.36. The number of carbonyl (C=O) groups is 2. The molecule has 9 nitrogen and oxygen atoms in total. The molecule has 4 aromatic rings. The molecule has 2 aromatic heterocycles. The smallest absolute Gasteiger partial charge is 0.248 e. The normalized spacial score (nSPS) is 10.4. The first kappa shape index (κ1) is 27.7. The van der Waals surface area contributed by atoms with Gasteiger partial charge in [-0.1, -0.05) is 18.2 Å². The number of nitrogens with zero attached hydrogens (tertiary/aromatic N) is 4. The highest BCUT2D eigenvalue weighted by molar-refractivity contribution is 5.99. The number of benzene rings is 2. The van der Waals surface area contributed by atoms with Crippen molar-refractivity contribution in [3.8, 4) is 11.3 Å². The van der Waals surface area contributed by atoms with E-state index in [4.69, 9.17) is 0 Å². The Balaban J connectivity index is 0.000000216. The second-order valence-electron chi connectivity index (χ2n) is 8.36. The van der Waals surface area contributed by atoms with E-state index < -0.39 is 0 Å². The minimum atomic E-state index is -0.199. The summed E-state index contributed by atoms with van der Waals surface area (Å²) >= 11 is 0. The highest BCUT2D eigenvalue weighted by atomic mass is 16.1. The monoisotopic (exact) mass is 509 g/mol. The van der Waals surface area contributed by atoms with Gasteiger partial charge in [-0.25, -0.2) is 9.97 Å². The molecule has 194 valence electrons. The zero-order valence-electron chi connectivity index (χ0n) is 21.6. The van der Waals surface area contributed by atoms with E-state index >= 15 is 0 Å². The first-order valence-electron chi connectivity index (χ1n) is 11.9. The minimum Gasteiger partial charge on any atom is -0.388 e. The predicted octanol–water partition coefficient (Wildman–Crippen LogP) is 4.88. The number of nitrogens with one attached hydrogen (secondary N) is 3. The molecule has 2 heterocycles. The van der Waals surface area contributed by atoms with Crippen LogP contribution >= 0.6 is 0 Å². The molecule has 9 heteroatoms. The summed E-state index contributed by atoms with van der Waals surface area (Å²) in [6.45, 7) is 0.710. The Morgan fingerprint density at radius 3 is 2.42 bits per heavy atom. The third-order valence-electron chi connectivity index (χ3n) is 5.07. The predicted molar refractivity (Wildman–Crippen MR) is 153 cm³/mol. The van der Waals surface area contributed by atoms with Crippen LogP contribution < -0.4 is 16.0 Å². The SMILES string of the molecule is CN(C)C/C=C/C(=O)Nc1cccc(C=O)c1.CNc1ccc(Nc2nccc(-c3cccnc3)n2)cc1. The largest absolute Gasteiger partial charge is 0.388 e. The van der Waals surface area contributed by atoms with Crippen LogP contribution in [0.25, 0.3) is 11.3 Å². The van der Waals surface area contributed by atoms with Crippen LogP contribution in [0, 0.1) is 0 Å². The fraction of sp³-hybridized carbons (Fsp3) is 0.138. The summed E-state index contributed by atoms with van der Waals surface area (Å²) in [6, 6.07) is 20.5. The lowest BCUT2D eigenvalue weighted by Crippen LogP contribution is -2.12. The van der Waals surface area contributed by atoms with E-state index in [1.807, 2.05) is 68.5 Å². The number of rotatable bonds is 9. The van der Waals surface area contributed by atoms with Crippen molar-refractivity contribution in [2.24, 2.45) is 0 Å². The van der Waals surface area contributed by atoms with Gasteiger partial charge in [0.1, 0.15) is 6.29 Å². The second kappa shape index (κ2) is 14.6. The quantitative estimate of drug-likeness (QED) is 0.216. The molecule has 4 rings (SSSR count). The molecule has 1 amide bonds. The number of aldehydes is 1. The van der Waals surface area contributed by atoms with Crippen molar-refractivity contribution in [2.45, 2.75) is 0 Å². The van der Waals surface area contributed by atoms with Gasteiger partial charge in [0.05, 0.1) is 5.69 Å². The van der Waals surface area contributed by atoms with Gasteiger partial charge in [-0.3, -0.25) is 14.6 Å². The molecule has 0 saturated heterocycles. The molecule has 38 heavy (non-hydrogen) atoms. The number of hydrogen-bond donors (Lipinski definition) is 3.